The number of benzene rings is 1. The molecule has 1 rings (SSSR count). The van der Waals surface area contributed by atoms with Crippen LogP contribution in [0.15, 0.2) is 18.2 Å². The van der Waals surface area contributed by atoms with Gasteiger partial charge in [0.2, 0.25) is 10.0 Å². The topological polar surface area (TPSA) is 70.0 Å². The summed E-state index contributed by atoms with van der Waals surface area (Å²) < 4.78 is 73.7. The van der Waals surface area contributed by atoms with E-state index in [1.807, 2.05) is 4.72 Å². The molecule has 0 aliphatic rings. The molecule has 0 aliphatic heterocycles. The van der Waals surface area contributed by atoms with Gasteiger partial charge in [-0.1, -0.05) is 0 Å². The fraction of sp³-hybridized carbons (Fsp3) is 0.364. The minimum Gasteiger partial charge on any atom is -0.282 e. The van der Waals surface area contributed by atoms with Crippen LogP contribution in [-0.4, -0.2) is 20.3 Å². The lowest BCUT2D eigenvalue weighted by atomic mass is 10.2. The molecule has 0 spiro atoms. The van der Waals surface area contributed by atoms with Crippen LogP contribution in [0.25, 0.3) is 0 Å². The van der Waals surface area contributed by atoms with E-state index in [9.17, 15) is 26.0 Å². The zero-order valence-corrected chi connectivity index (χ0v) is 10.9. The molecule has 0 aromatic heterocycles. The van der Waals surface area contributed by atoms with Gasteiger partial charge in [-0.05, 0) is 24.6 Å². The lowest BCUT2D eigenvalue weighted by Crippen LogP contribution is -2.19. The molecule has 0 bridgehead atoms. The molecule has 110 valence electrons. The molecule has 1 N–H and O–H groups in total. The summed E-state index contributed by atoms with van der Waals surface area (Å²) in [5.41, 5.74) is -0.412. The summed E-state index contributed by atoms with van der Waals surface area (Å²) in [5.74, 6) is -1.46. The molecule has 0 atom stereocenters. The van der Waals surface area contributed by atoms with Crippen molar-refractivity contribution in [2.24, 2.45) is 0 Å². The number of nitrogens with zero attached hydrogens (tertiary/aromatic N) is 1. The molecule has 1 aromatic rings. The predicted octanol–water partition coefficient (Wildman–Crippen LogP) is 2.78. The summed E-state index contributed by atoms with van der Waals surface area (Å²) in [5, 5.41) is 8.72. The second-order valence-corrected chi connectivity index (χ2v) is 5.78. The third-order valence-electron chi connectivity index (χ3n) is 2.24. The molecule has 0 amide bonds. The normalized spacial score (nSPS) is 11.9. The van der Waals surface area contributed by atoms with Gasteiger partial charge in [0.25, 0.3) is 0 Å². The van der Waals surface area contributed by atoms with Crippen molar-refractivity contribution in [3.05, 3.63) is 29.6 Å². The Labute approximate surface area is 113 Å². The monoisotopic (exact) mass is 310 g/mol. The number of anilines is 1. The van der Waals surface area contributed by atoms with Gasteiger partial charge in [0.1, 0.15) is 11.9 Å². The highest BCUT2D eigenvalue weighted by Crippen LogP contribution is 2.22. The van der Waals surface area contributed by atoms with Crippen molar-refractivity contribution in [3.63, 3.8) is 0 Å². The first-order valence-corrected chi connectivity index (χ1v) is 7.05. The number of nitriles is 1. The molecular formula is C11H10F4N2O2S. The van der Waals surface area contributed by atoms with E-state index in [0.717, 1.165) is 18.2 Å². The fourth-order valence-electron chi connectivity index (χ4n) is 1.38. The Balaban J connectivity index is 2.75. The highest BCUT2D eigenvalue weighted by atomic mass is 32.2. The van der Waals surface area contributed by atoms with Crippen LogP contribution in [0.4, 0.5) is 23.2 Å². The lowest BCUT2D eigenvalue weighted by molar-refractivity contribution is -0.134. The van der Waals surface area contributed by atoms with Crippen molar-refractivity contribution < 1.29 is 26.0 Å². The van der Waals surface area contributed by atoms with Crippen LogP contribution in [0.2, 0.25) is 0 Å². The molecule has 0 unspecified atom stereocenters. The van der Waals surface area contributed by atoms with Crippen molar-refractivity contribution in [2.75, 3.05) is 10.5 Å². The molecule has 0 heterocycles. The van der Waals surface area contributed by atoms with Crippen molar-refractivity contribution in [2.45, 2.75) is 19.0 Å². The Hall–Kier alpha value is -1.82. The molecule has 20 heavy (non-hydrogen) atoms. The number of hydrogen-bond acceptors (Lipinski definition) is 3. The maximum Gasteiger partial charge on any atom is 0.389 e. The van der Waals surface area contributed by atoms with Crippen LogP contribution in [0.1, 0.15) is 18.4 Å². The third-order valence-corrected chi connectivity index (χ3v) is 3.60. The Morgan fingerprint density at radius 2 is 1.95 bits per heavy atom. The number of hydrogen-bond donors (Lipinski definition) is 1. The summed E-state index contributed by atoms with van der Waals surface area (Å²) >= 11 is 0. The van der Waals surface area contributed by atoms with Gasteiger partial charge >= 0.3 is 6.18 Å². The highest BCUT2D eigenvalue weighted by Gasteiger charge is 2.27. The Kier molecular flexibility index (Phi) is 4.94. The minimum atomic E-state index is -4.43. The van der Waals surface area contributed by atoms with Crippen LogP contribution in [0, 0.1) is 17.1 Å². The summed E-state index contributed by atoms with van der Waals surface area (Å²) in [6, 6.07) is 4.40. The third kappa shape index (κ3) is 5.44. The summed E-state index contributed by atoms with van der Waals surface area (Å²) in [6.45, 7) is 0. The molecular weight excluding hydrogens is 300 g/mol. The first-order valence-electron chi connectivity index (χ1n) is 5.40. The molecule has 0 radical (unpaired) electrons. The standard InChI is InChI=1S/C11H10F4N2O2S/c12-9-2-3-10(8(6-9)7-16)17-20(18,19)5-1-4-11(13,14)15/h2-3,6,17H,1,4-5H2. The van der Waals surface area contributed by atoms with Crippen molar-refractivity contribution in [1.82, 2.24) is 0 Å². The smallest absolute Gasteiger partial charge is 0.282 e. The van der Waals surface area contributed by atoms with Gasteiger partial charge < -0.3 is 0 Å². The summed E-state index contributed by atoms with van der Waals surface area (Å²) in [7, 11) is -4.03. The van der Waals surface area contributed by atoms with Gasteiger partial charge in [-0.2, -0.15) is 18.4 Å². The van der Waals surface area contributed by atoms with E-state index in [0.29, 0.717) is 0 Å². The predicted molar refractivity (Wildman–Crippen MR) is 63.8 cm³/mol. The highest BCUT2D eigenvalue weighted by molar-refractivity contribution is 7.92. The molecule has 0 fully saturated rings. The molecule has 9 heteroatoms. The maximum atomic E-state index is 12.8. The van der Waals surface area contributed by atoms with Crippen LogP contribution in [0.5, 0.6) is 0 Å². The molecule has 0 saturated heterocycles. The van der Waals surface area contributed by atoms with E-state index in [-0.39, 0.29) is 11.3 Å². The van der Waals surface area contributed by atoms with Crippen LogP contribution in [0.3, 0.4) is 0 Å². The molecule has 0 saturated carbocycles. The average Bonchev–Trinajstić information content (AvgIpc) is 2.29. The van der Waals surface area contributed by atoms with E-state index in [4.69, 9.17) is 5.26 Å². The molecule has 0 aliphatic carbocycles. The average molecular weight is 310 g/mol. The van der Waals surface area contributed by atoms with Crippen LogP contribution < -0.4 is 4.72 Å². The molecule has 1 aromatic carbocycles. The van der Waals surface area contributed by atoms with Crippen molar-refractivity contribution >= 4 is 15.7 Å². The van der Waals surface area contributed by atoms with Gasteiger partial charge in [0.15, 0.2) is 0 Å². The van der Waals surface area contributed by atoms with Crippen molar-refractivity contribution in [3.8, 4) is 6.07 Å². The SMILES string of the molecule is N#Cc1cc(F)ccc1NS(=O)(=O)CCCC(F)(F)F. The van der Waals surface area contributed by atoms with Gasteiger partial charge in [0, 0.05) is 6.42 Å². The van der Waals surface area contributed by atoms with Gasteiger partial charge in [-0.15, -0.1) is 0 Å². The van der Waals surface area contributed by atoms with E-state index in [1.54, 1.807) is 6.07 Å². The number of sulfonamides is 1. The summed E-state index contributed by atoms with van der Waals surface area (Å²) in [4.78, 5) is 0. The quantitative estimate of drug-likeness (QED) is 0.850. The van der Waals surface area contributed by atoms with Crippen LogP contribution in [-0.2, 0) is 10.0 Å². The van der Waals surface area contributed by atoms with Gasteiger partial charge in [0.05, 0.1) is 17.0 Å². The van der Waals surface area contributed by atoms with E-state index in [1.165, 1.54) is 0 Å². The largest absolute Gasteiger partial charge is 0.389 e. The second-order valence-electron chi connectivity index (χ2n) is 3.94. The number of rotatable bonds is 5. The van der Waals surface area contributed by atoms with E-state index in [2.05, 4.69) is 0 Å². The second kappa shape index (κ2) is 6.09. The maximum absolute atomic E-state index is 12.8. The lowest BCUT2D eigenvalue weighted by Gasteiger charge is -2.10. The molecule has 4 nitrogen and oxygen atoms in total. The Morgan fingerprint density at radius 1 is 1.30 bits per heavy atom. The number of alkyl halides is 3. The fourth-order valence-corrected chi connectivity index (χ4v) is 2.52. The first-order chi connectivity index (χ1) is 9.13. The zero-order chi connectivity index (χ0) is 15.4. The zero-order valence-electron chi connectivity index (χ0n) is 10.0. The van der Waals surface area contributed by atoms with E-state index < -0.39 is 40.6 Å². The van der Waals surface area contributed by atoms with Gasteiger partial charge in [-0.25, -0.2) is 12.8 Å². The number of halogens is 4. The van der Waals surface area contributed by atoms with E-state index >= 15 is 0 Å². The number of nitrogens with one attached hydrogen (secondary N) is 1. The van der Waals surface area contributed by atoms with Gasteiger partial charge in [-0.3, -0.25) is 4.72 Å². The Bertz CT molecular complexity index is 620. The van der Waals surface area contributed by atoms with Crippen molar-refractivity contribution in [1.29, 1.82) is 5.26 Å². The first kappa shape index (κ1) is 16.2. The Morgan fingerprint density at radius 3 is 2.50 bits per heavy atom. The summed E-state index contributed by atoms with van der Waals surface area (Å²) in [6.07, 6.45) is -6.24. The minimum absolute atomic E-state index is 0.166. The van der Waals surface area contributed by atoms with Crippen LogP contribution >= 0.6 is 0 Å².